The summed E-state index contributed by atoms with van der Waals surface area (Å²) in [7, 11) is 0. The minimum atomic E-state index is -0.609. The molecular weight excluding hydrogens is 316 g/mol. The number of fused-ring (bicyclic) bond motifs is 1. The molecule has 1 saturated heterocycles. The summed E-state index contributed by atoms with van der Waals surface area (Å²) in [5, 5.41) is 0. The number of carbonyl (C=O) groups is 1. The van der Waals surface area contributed by atoms with Crippen LogP contribution in [0.25, 0.3) is 0 Å². The molecule has 0 aromatic heterocycles. The van der Waals surface area contributed by atoms with Crippen molar-refractivity contribution in [2.24, 2.45) is 0 Å². The first-order chi connectivity index (χ1) is 9.71. The first kappa shape index (κ1) is 12.3. The molecule has 2 nitrogen and oxygen atoms in total. The summed E-state index contributed by atoms with van der Waals surface area (Å²) in [5.41, 5.74) is 2.45. The van der Waals surface area contributed by atoms with E-state index in [1.165, 1.54) is 0 Å². The van der Waals surface area contributed by atoms with E-state index in [2.05, 4.69) is 15.9 Å². The molecule has 0 radical (unpaired) electrons. The predicted molar refractivity (Wildman–Crippen MR) is 79.8 cm³/mol. The predicted octanol–water partition coefficient (Wildman–Crippen LogP) is 4.09. The second-order valence-corrected chi connectivity index (χ2v) is 6.34. The van der Waals surface area contributed by atoms with E-state index in [0.29, 0.717) is 0 Å². The van der Waals surface area contributed by atoms with Crippen LogP contribution in [0.2, 0.25) is 0 Å². The molecule has 1 aliphatic carbocycles. The van der Waals surface area contributed by atoms with Crippen molar-refractivity contribution in [3.63, 3.8) is 0 Å². The van der Waals surface area contributed by atoms with Gasteiger partial charge in [0.2, 0.25) is 0 Å². The lowest BCUT2D eigenvalue weighted by molar-refractivity contribution is 0.0850. The van der Waals surface area contributed by atoms with Crippen LogP contribution in [0.4, 0.5) is 0 Å². The van der Waals surface area contributed by atoms with E-state index in [4.69, 9.17) is 4.74 Å². The summed E-state index contributed by atoms with van der Waals surface area (Å²) in [6.45, 7) is 0. The van der Waals surface area contributed by atoms with E-state index in [9.17, 15) is 4.79 Å². The average Bonchev–Trinajstić information content (AvgIpc) is 3.20. The highest BCUT2D eigenvalue weighted by Crippen LogP contribution is 2.56. The Kier molecular flexibility index (Phi) is 2.63. The van der Waals surface area contributed by atoms with Crippen molar-refractivity contribution in [2.45, 2.75) is 24.5 Å². The lowest BCUT2D eigenvalue weighted by atomic mass is 9.79. The Labute approximate surface area is 125 Å². The van der Waals surface area contributed by atoms with Gasteiger partial charge in [-0.15, -0.1) is 0 Å². The molecule has 1 aliphatic heterocycles. The van der Waals surface area contributed by atoms with E-state index < -0.39 is 5.60 Å². The maximum atomic E-state index is 12.7. The smallest absolute Gasteiger partial charge is 0.198 e. The first-order valence-corrected chi connectivity index (χ1v) is 7.56. The number of carbonyl (C=O) groups excluding carboxylic acids is 1. The molecular formula is C17H13BrO2. The van der Waals surface area contributed by atoms with Gasteiger partial charge >= 0.3 is 0 Å². The van der Waals surface area contributed by atoms with Crippen molar-refractivity contribution in [1.82, 2.24) is 0 Å². The summed E-state index contributed by atoms with van der Waals surface area (Å²) in [6.07, 6.45) is 1.61. The number of hydrogen-bond donors (Lipinski definition) is 0. The van der Waals surface area contributed by atoms with Gasteiger partial charge in [0.25, 0.3) is 0 Å². The molecule has 2 aromatic carbocycles. The van der Waals surface area contributed by atoms with Crippen LogP contribution < -0.4 is 0 Å². The molecule has 0 saturated carbocycles. The largest absolute Gasteiger partial charge is 0.352 e. The summed E-state index contributed by atoms with van der Waals surface area (Å²) in [5.74, 6) is 0.146. The highest BCUT2D eigenvalue weighted by atomic mass is 79.9. The van der Waals surface area contributed by atoms with Crippen LogP contribution in [-0.4, -0.2) is 11.4 Å². The van der Waals surface area contributed by atoms with Gasteiger partial charge in [-0.05, 0) is 36.1 Å². The number of epoxide rings is 1. The van der Waals surface area contributed by atoms with Crippen molar-refractivity contribution < 1.29 is 9.53 Å². The van der Waals surface area contributed by atoms with Gasteiger partial charge in [-0.25, -0.2) is 0 Å². The summed E-state index contributed by atoms with van der Waals surface area (Å²) < 4.78 is 6.91. The third-order valence-corrected chi connectivity index (χ3v) is 4.81. The Bertz CT molecular complexity index is 692. The summed E-state index contributed by atoms with van der Waals surface area (Å²) >= 11 is 3.43. The monoisotopic (exact) mass is 328 g/mol. The Morgan fingerprint density at radius 3 is 2.65 bits per heavy atom. The van der Waals surface area contributed by atoms with Crippen LogP contribution >= 0.6 is 15.9 Å². The molecule has 0 amide bonds. The van der Waals surface area contributed by atoms with Crippen LogP contribution in [0.5, 0.6) is 0 Å². The van der Waals surface area contributed by atoms with Crippen LogP contribution in [0, 0.1) is 0 Å². The number of Topliss-reactive ketones (excluding diaryl/α,β-unsaturated/α-hetero) is 1. The third kappa shape index (κ3) is 1.70. The molecule has 0 N–H and O–H groups in total. The molecule has 4 rings (SSSR count). The van der Waals surface area contributed by atoms with Gasteiger partial charge in [-0.2, -0.15) is 0 Å². The quantitative estimate of drug-likeness (QED) is 0.738. The molecule has 2 aromatic rings. The van der Waals surface area contributed by atoms with Crippen molar-refractivity contribution >= 4 is 21.7 Å². The Morgan fingerprint density at radius 1 is 1.10 bits per heavy atom. The zero-order valence-corrected chi connectivity index (χ0v) is 12.4. The van der Waals surface area contributed by atoms with Crippen molar-refractivity contribution in [3.8, 4) is 0 Å². The molecule has 2 atom stereocenters. The van der Waals surface area contributed by atoms with Gasteiger partial charge in [0, 0.05) is 10.0 Å². The fourth-order valence-corrected chi connectivity index (χ4v) is 3.40. The van der Waals surface area contributed by atoms with Gasteiger partial charge in [0.1, 0.15) is 6.10 Å². The maximum Gasteiger partial charge on any atom is 0.198 e. The van der Waals surface area contributed by atoms with Gasteiger partial charge < -0.3 is 4.74 Å². The van der Waals surface area contributed by atoms with Crippen molar-refractivity contribution in [3.05, 3.63) is 69.7 Å². The standard InChI is InChI=1S/C17H13BrO2/c18-13-7-5-12(6-8-13)16-17(20-16)10-9-11-3-1-2-4-14(11)15(17)19/h1-8,16H,9-10H2/t16-,17-/m1/s1. The SMILES string of the molecule is O=C1c2ccccc2CC[C@@]12O[C@@H]2c1ccc(Br)cc1. The van der Waals surface area contributed by atoms with Crippen LogP contribution in [-0.2, 0) is 11.2 Å². The minimum Gasteiger partial charge on any atom is -0.352 e. The van der Waals surface area contributed by atoms with Crippen molar-refractivity contribution in [1.29, 1.82) is 0 Å². The molecule has 1 heterocycles. The van der Waals surface area contributed by atoms with Crippen molar-refractivity contribution in [2.75, 3.05) is 0 Å². The first-order valence-electron chi connectivity index (χ1n) is 6.77. The minimum absolute atomic E-state index is 0.0866. The average molecular weight is 329 g/mol. The molecule has 1 spiro atoms. The van der Waals surface area contributed by atoms with Gasteiger partial charge in [-0.3, -0.25) is 4.79 Å². The van der Waals surface area contributed by atoms with Gasteiger partial charge in [-0.1, -0.05) is 52.3 Å². The summed E-state index contributed by atoms with van der Waals surface area (Å²) in [6, 6.07) is 15.9. The number of benzene rings is 2. The van der Waals surface area contributed by atoms with Crippen LogP contribution in [0.1, 0.15) is 34.0 Å². The molecule has 3 heteroatoms. The van der Waals surface area contributed by atoms with E-state index in [1.807, 2.05) is 48.5 Å². The molecule has 0 unspecified atom stereocenters. The Hall–Kier alpha value is -1.45. The maximum absolute atomic E-state index is 12.7. The highest BCUT2D eigenvalue weighted by Gasteiger charge is 2.63. The molecule has 2 aliphatic rings. The highest BCUT2D eigenvalue weighted by molar-refractivity contribution is 9.10. The Morgan fingerprint density at radius 2 is 1.85 bits per heavy atom. The zero-order valence-electron chi connectivity index (χ0n) is 10.8. The number of rotatable bonds is 1. The fraction of sp³-hybridized carbons (Fsp3) is 0.235. The van der Waals surface area contributed by atoms with E-state index in [0.717, 1.165) is 34.0 Å². The van der Waals surface area contributed by atoms with E-state index >= 15 is 0 Å². The Balaban J connectivity index is 1.69. The lowest BCUT2D eigenvalue weighted by Gasteiger charge is -2.20. The van der Waals surface area contributed by atoms with E-state index in [1.54, 1.807) is 0 Å². The molecule has 1 fully saturated rings. The topological polar surface area (TPSA) is 29.6 Å². The third-order valence-electron chi connectivity index (χ3n) is 4.28. The number of halogens is 1. The van der Waals surface area contributed by atoms with Gasteiger partial charge in [0.05, 0.1) is 0 Å². The zero-order chi connectivity index (χ0) is 13.7. The number of ether oxygens (including phenoxy) is 1. The number of ketones is 1. The summed E-state index contributed by atoms with van der Waals surface area (Å²) in [4.78, 5) is 12.7. The molecule has 20 heavy (non-hydrogen) atoms. The van der Waals surface area contributed by atoms with Crippen LogP contribution in [0.15, 0.2) is 53.0 Å². The normalized spacial score (nSPS) is 27.4. The van der Waals surface area contributed by atoms with Crippen LogP contribution in [0.3, 0.4) is 0 Å². The number of aryl methyl sites for hydroxylation is 1. The van der Waals surface area contributed by atoms with E-state index in [-0.39, 0.29) is 11.9 Å². The fourth-order valence-electron chi connectivity index (χ4n) is 3.14. The number of hydrogen-bond acceptors (Lipinski definition) is 2. The second-order valence-electron chi connectivity index (χ2n) is 5.43. The van der Waals surface area contributed by atoms with Gasteiger partial charge in [0.15, 0.2) is 11.4 Å². The second kappa shape index (κ2) is 4.27. The molecule has 0 bridgehead atoms. The molecule has 100 valence electrons. The lowest BCUT2D eigenvalue weighted by Crippen LogP contribution is -2.31.